The molecule has 0 aromatic carbocycles. The Morgan fingerprint density at radius 3 is 2.00 bits per heavy atom. The molecule has 0 aliphatic carbocycles. The average molecular weight is 204 g/mol. The Morgan fingerprint density at radius 2 is 1.71 bits per heavy atom. The summed E-state index contributed by atoms with van der Waals surface area (Å²) in [5.74, 6) is -0.471. The van der Waals surface area contributed by atoms with Gasteiger partial charge in [-0.25, -0.2) is 0 Å². The molecule has 0 rings (SSSR count). The van der Waals surface area contributed by atoms with Crippen LogP contribution in [-0.4, -0.2) is 35.0 Å². The highest BCUT2D eigenvalue weighted by Crippen LogP contribution is 2.24. The number of carbonyl (C=O) groups is 1. The maximum Gasteiger partial charge on any atom is 0.314 e. The van der Waals surface area contributed by atoms with E-state index in [2.05, 4.69) is 0 Å². The molecule has 0 aromatic heterocycles. The number of hydrogen-bond donors (Lipinski definition) is 2. The van der Waals surface area contributed by atoms with Crippen LogP contribution in [0.2, 0.25) is 0 Å². The van der Waals surface area contributed by atoms with Crippen molar-refractivity contribution in [3.05, 3.63) is 0 Å². The third-order valence-electron chi connectivity index (χ3n) is 2.37. The van der Waals surface area contributed by atoms with Crippen molar-refractivity contribution >= 4 is 5.97 Å². The van der Waals surface area contributed by atoms with Crippen molar-refractivity contribution in [3.8, 4) is 0 Å². The Hall–Kier alpha value is -0.610. The first-order chi connectivity index (χ1) is 6.31. The lowest BCUT2D eigenvalue weighted by Gasteiger charge is -2.30. The van der Waals surface area contributed by atoms with Crippen LogP contribution in [-0.2, 0) is 9.53 Å². The van der Waals surface area contributed by atoms with Crippen LogP contribution in [0.25, 0.3) is 0 Å². The summed E-state index contributed by atoms with van der Waals surface area (Å²) < 4.78 is 5.09. The Labute approximate surface area is 84.9 Å². The fourth-order valence-electron chi connectivity index (χ4n) is 0.727. The summed E-state index contributed by atoms with van der Waals surface area (Å²) in [6, 6.07) is 0. The van der Waals surface area contributed by atoms with Crippen LogP contribution in [0, 0.1) is 5.41 Å². The zero-order valence-corrected chi connectivity index (χ0v) is 9.33. The van der Waals surface area contributed by atoms with Crippen molar-refractivity contribution in [2.24, 2.45) is 5.41 Å². The van der Waals surface area contributed by atoms with Crippen molar-refractivity contribution < 1.29 is 19.7 Å². The van der Waals surface area contributed by atoms with Gasteiger partial charge in [-0.3, -0.25) is 4.79 Å². The van der Waals surface area contributed by atoms with E-state index >= 15 is 0 Å². The van der Waals surface area contributed by atoms with E-state index in [0.29, 0.717) is 6.42 Å². The van der Waals surface area contributed by atoms with Gasteiger partial charge >= 0.3 is 5.97 Å². The molecule has 14 heavy (non-hydrogen) atoms. The van der Waals surface area contributed by atoms with Gasteiger partial charge in [-0.05, 0) is 27.2 Å². The number of ether oxygens (including phenoxy) is 1. The van der Waals surface area contributed by atoms with Gasteiger partial charge in [-0.2, -0.15) is 0 Å². The number of aliphatic hydroxyl groups excluding tert-OH is 2. The first kappa shape index (κ1) is 13.4. The summed E-state index contributed by atoms with van der Waals surface area (Å²) in [5.41, 5.74) is -1.75. The fourth-order valence-corrected chi connectivity index (χ4v) is 0.727. The first-order valence-electron chi connectivity index (χ1n) is 4.76. The minimum Gasteiger partial charge on any atom is -0.457 e. The SMILES string of the molecule is CCC(C)(CO)C(=O)OC(C)(C)CO. The molecule has 0 amide bonds. The van der Waals surface area contributed by atoms with Gasteiger partial charge in [0.2, 0.25) is 0 Å². The number of carbonyl (C=O) groups excluding carboxylic acids is 1. The van der Waals surface area contributed by atoms with E-state index in [9.17, 15) is 4.79 Å². The topological polar surface area (TPSA) is 66.8 Å². The van der Waals surface area contributed by atoms with Crippen molar-refractivity contribution in [3.63, 3.8) is 0 Å². The molecule has 0 saturated carbocycles. The third-order valence-corrected chi connectivity index (χ3v) is 2.37. The lowest BCUT2D eigenvalue weighted by molar-refractivity contribution is -0.174. The molecule has 1 atom stereocenters. The van der Waals surface area contributed by atoms with Crippen LogP contribution in [0.5, 0.6) is 0 Å². The molecule has 0 bridgehead atoms. The van der Waals surface area contributed by atoms with E-state index in [4.69, 9.17) is 14.9 Å². The molecular weight excluding hydrogens is 184 g/mol. The molecule has 2 N–H and O–H groups in total. The molecule has 0 radical (unpaired) electrons. The Bertz CT molecular complexity index is 194. The maximum atomic E-state index is 11.6. The molecule has 0 aliphatic heterocycles. The van der Waals surface area contributed by atoms with Gasteiger partial charge in [0.1, 0.15) is 5.60 Å². The van der Waals surface area contributed by atoms with E-state index < -0.39 is 17.0 Å². The summed E-state index contributed by atoms with van der Waals surface area (Å²) in [7, 11) is 0. The molecule has 0 saturated heterocycles. The van der Waals surface area contributed by atoms with Gasteiger partial charge in [0.15, 0.2) is 0 Å². The minimum absolute atomic E-state index is 0.232. The first-order valence-corrected chi connectivity index (χ1v) is 4.76. The molecule has 1 unspecified atom stereocenters. The largest absolute Gasteiger partial charge is 0.457 e. The van der Waals surface area contributed by atoms with E-state index in [1.165, 1.54) is 0 Å². The normalized spacial score (nSPS) is 16.1. The van der Waals surface area contributed by atoms with Crippen LogP contribution in [0.15, 0.2) is 0 Å². The quantitative estimate of drug-likeness (QED) is 0.647. The van der Waals surface area contributed by atoms with Crippen LogP contribution in [0.4, 0.5) is 0 Å². The summed E-state index contributed by atoms with van der Waals surface area (Å²) >= 11 is 0. The van der Waals surface area contributed by atoms with Gasteiger partial charge in [0.05, 0.1) is 18.6 Å². The van der Waals surface area contributed by atoms with Crippen LogP contribution in [0.1, 0.15) is 34.1 Å². The Morgan fingerprint density at radius 1 is 1.21 bits per heavy atom. The Kier molecular flexibility index (Phi) is 4.55. The van der Waals surface area contributed by atoms with E-state index in [0.717, 1.165) is 0 Å². The zero-order chi connectivity index (χ0) is 11.4. The van der Waals surface area contributed by atoms with Crippen LogP contribution in [0.3, 0.4) is 0 Å². The number of hydrogen-bond acceptors (Lipinski definition) is 4. The molecule has 4 heteroatoms. The molecule has 84 valence electrons. The highest BCUT2D eigenvalue weighted by Gasteiger charge is 2.36. The van der Waals surface area contributed by atoms with Gasteiger partial charge < -0.3 is 14.9 Å². The summed E-state index contributed by atoms with van der Waals surface area (Å²) in [6.07, 6.45) is 0.504. The van der Waals surface area contributed by atoms with Crippen molar-refractivity contribution in [1.29, 1.82) is 0 Å². The second kappa shape index (κ2) is 4.75. The van der Waals surface area contributed by atoms with Gasteiger partial charge in [0, 0.05) is 0 Å². The summed E-state index contributed by atoms with van der Waals surface area (Å²) in [4.78, 5) is 11.6. The maximum absolute atomic E-state index is 11.6. The minimum atomic E-state index is -0.886. The molecule has 0 aromatic rings. The smallest absolute Gasteiger partial charge is 0.314 e. The van der Waals surface area contributed by atoms with E-state index in [1.54, 1.807) is 20.8 Å². The standard InChI is InChI=1S/C10H20O4/c1-5-10(4,7-12)8(13)14-9(2,3)6-11/h11-12H,5-7H2,1-4H3. The second-order valence-corrected chi connectivity index (χ2v) is 4.38. The van der Waals surface area contributed by atoms with Gasteiger partial charge in [0.25, 0.3) is 0 Å². The van der Waals surface area contributed by atoms with E-state index in [1.807, 2.05) is 6.92 Å². The second-order valence-electron chi connectivity index (χ2n) is 4.38. The lowest BCUT2D eigenvalue weighted by Crippen LogP contribution is -2.40. The number of rotatable bonds is 5. The van der Waals surface area contributed by atoms with E-state index in [-0.39, 0.29) is 13.2 Å². The fraction of sp³-hybridized carbons (Fsp3) is 0.900. The van der Waals surface area contributed by atoms with Crippen molar-refractivity contribution in [1.82, 2.24) is 0 Å². The Balaban J connectivity index is 4.48. The zero-order valence-electron chi connectivity index (χ0n) is 9.33. The summed E-state index contributed by atoms with van der Waals surface area (Å²) in [5, 5.41) is 18.0. The molecule has 0 aliphatic rings. The highest BCUT2D eigenvalue weighted by atomic mass is 16.6. The van der Waals surface area contributed by atoms with Crippen LogP contribution >= 0.6 is 0 Å². The van der Waals surface area contributed by atoms with Gasteiger partial charge in [-0.1, -0.05) is 6.92 Å². The molecule has 0 spiro atoms. The molecule has 0 heterocycles. The number of esters is 1. The van der Waals surface area contributed by atoms with Crippen molar-refractivity contribution in [2.45, 2.75) is 39.7 Å². The van der Waals surface area contributed by atoms with Gasteiger partial charge in [-0.15, -0.1) is 0 Å². The third kappa shape index (κ3) is 3.27. The van der Waals surface area contributed by atoms with Crippen LogP contribution < -0.4 is 0 Å². The van der Waals surface area contributed by atoms with Crippen molar-refractivity contribution in [2.75, 3.05) is 13.2 Å². The molecule has 0 fully saturated rings. The number of aliphatic hydroxyl groups is 2. The summed E-state index contributed by atoms with van der Waals surface area (Å²) in [6.45, 7) is 6.22. The molecular formula is C10H20O4. The monoisotopic (exact) mass is 204 g/mol. The predicted octanol–water partition coefficient (Wildman–Crippen LogP) is 0.709. The highest BCUT2D eigenvalue weighted by molar-refractivity contribution is 5.76. The lowest BCUT2D eigenvalue weighted by atomic mass is 9.88. The predicted molar refractivity (Wildman–Crippen MR) is 52.7 cm³/mol. The molecule has 4 nitrogen and oxygen atoms in total. The average Bonchev–Trinajstić information content (AvgIpc) is 2.16.